The van der Waals surface area contributed by atoms with Crippen molar-refractivity contribution in [2.24, 2.45) is 0 Å². The van der Waals surface area contributed by atoms with Crippen molar-refractivity contribution >= 4 is 12.8 Å². The van der Waals surface area contributed by atoms with Gasteiger partial charge < -0.3 is 0 Å². The zero-order chi connectivity index (χ0) is 11.0. The van der Waals surface area contributed by atoms with E-state index in [0.717, 1.165) is 0 Å². The Labute approximate surface area is 90.9 Å². The molecule has 14 heavy (non-hydrogen) atoms. The van der Waals surface area contributed by atoms with Crippen molar-refractivity contribution < 1.29 is 0 Å². The van der Waals surface area contributed by atoms with Crippen LogP contribution in [0.15, 0.2) is 0 Å². The van der Waals surface area contributed by atoms with Crippen LogP contribution in [-0.2, 0) is 0 Å². The summed E-state index contributed by atoms with van der Waals surface area (Å²) in [5.74, 6) is 0. The van der Waals surface area contributed by atoms with Gasteiger partial charge in [0.25, 0.3) is 0 Å². The van der Waals surface area contributed by atoms with Crippen LogP contribution in [0.25, 0.3) is 0 Å². The molecule has 0 aromatic rings. The molecule has 0 nitrogen and oxygen atoms in total. The van der Waals surface area contributed by atoms with E-state index in [1.807, 2.05) is 5.29 Å². The molecule has 1 saturated carbocycles. The van der Waals surface area contributed by atoms with E-state index < -0.39 is 0 Å². The minimum absolute atomic E-state index is 0.0728. The summed E-state index contributed by atoms with van der Waals surface area (Å²) in [6.45, 7) is 14.6. The summed E-state index contributed by atoms with van der Waals surface area (Å²) >= 11 is 0. The van der Waals surface area contributed by atoms with Gasteiger partial charge in [-0.05, 0) is 54.4 Å². The molecule has 1 rings (SSSR count). The fourth-order valence-electron chi connectivity index (χ4n) is 2.96. The predicted molar refractivity (Wildman–Crippen MR) is 69.9 cm³/mol. The van der Waals surface area contributed by atoms with Crippen molar-refractivity contribution in [1.82, 2.24) is 0 Å². The molecule has 0 spiro atoms. The highest BCUT2D eigenvalue weighted by molar-refractivity contribution is 7.61. The third kappa shape index (κ3) is 2.83. The Morgan fingerprint density at radius 1 is 0.786 bits per heavy atom. The van der Waals surface area contributed by atoms with Gasteiger partial charge in [-0.2, -0.15) is 0 Å². The predicted octanol–water partition coefficient (Wildman–Crippen LogP) is 4.81. The monoisotopic (exact) mass is 213 g/mol. The maximum atomic E-state index is 2.43. The van der Waals surface area contributed by atoms with Crippen molar-refractivity contribution in [3.8, 4) is 0 Å². The lowest BCUT2D eigenvalue weighted by molar-refractivity contribution is 0.720. The van der Waals surface area contributed by atoms with E-state index in [-0.39, 0.29) is 7.55 Å². The molecule has 0 amide bonds. The summed E-state index contributed by atoms with van der Waals surface area (Å²) in [7, 11) is 0.0728. The lowest BCUT2D eigenvalue weighted by Crippen LogP contribution is -2.23. The van der Waals surface area contributed by atoms with Crippen LogP contribution in [-0.4, -0.2) is 15.6 Å². The van der Waals surface area contributed by atoms with E-state index in [1.165, 1.54) is 25.7 Å². The van der Waals surface area contributed by atoms with E-state index >= 15 is 0 Å². The molecule has 1 heteroatoms. The van der Waals surface area contributed by atoms with Gasteiger partial charge in [0.2, 0.25) is 0 Å². The van der Waals surface area contributed by atoms with Gasteiger partial charge >= 0.3 is 0 Å². The molecule has 0 radical (unpaired) electrons. The molecule has 1 fully saturated rings. The summed E-state index contributed by atoms with van der Waals surface area (Å²) in [6, 6.07) is 0. The lowest BCUT2D eigenvalue weighted by Gasteiger charge is -2.24. The summed E-state index contributed by atoms with van der Waals surface area (Å²) < 4.78 is 0. The molecule has 0 unspecified atom stereocenters. The molecule has 0 aromatic heterocycles. The normalized spacial score (nSPS) is 18.9. The molecule has 0 aromatic carbocycles. The minimum Gasteiger partial charge on any atom is -0.0455 e. The molecule has 1 aliphatic carbocycles. The second-order valence-electron chi connectivity index (χ2n) is 6.45. The molecule has 0 atom stereocenters. The van der Waals surface area contributed by atoms with Crippen LogP contribution >= 0.6 is 7.55 Å². The van der Waals surface area contributed by atoms with Crippen molar-refractivity contribution in [1.29, 1.82) is 0 Å². The number of rotatable bonds is 0. The maximum Gasteiger partial charge on any atom is 0.118 e. The van der Waals surface area contributed by atoms with Crippen molar-refractivity contribution in [3.05, 3.63) is 0 Å². The molecular formula is C13H26P+. The average molecular weight is 213 g/mol. The Bertz CT molecular complexity index is 211. The van der Waals surface area contributed by atoms with Gasteiger partial charge in [-0.15, -0.1) is 0 Å². The van der Waals surface area contributed by atoms with Gasteiger partial charge in [0, 0.05) is 12.8 Å². The van der Waals surface area contributed by atoms with Crippen LogP contribution < -0.4 is 0 Å². The first-order valence-electron chi connectivity index (χ1n) is 5.88. The van der Waals surface area contributed by atoms with E-state index in [1.54, 1.807) is 0 Å². The van der Waals surface area contributed by atoms with Crippen molar-refractivity contribution in [2.75, 3.05) is 0 Å². The highest BCUT2D eigenvalue weighted by Crippen LogP contribution is 2.54. The zero-order valence-electron chi connectivity index (χ0n) is 10.8. The van der Waals surface area contributed by atoms with Crippen LogP contribution in [0.5, 0.6) is 0 Å². The van der Waals surface area contributed by atoms with E-state index in [0.29, 0.717) is 10.3 Å². The van der Waals surface area contributed by atoms with Crippen molar-refractivity contribution in [3.63, 3.8) is 0 Å². The first kappa shape index (κ1) is 12.2. The zero-order valence-corrected chi connectivity index (χ0v) is 11.7. The molecule has 0 aliphatic heterocycles. The van der Waals surface area contributed by atoms with Crippen LogP contribution in [0.3, 0.4) is 0 Å². The largest absolute Gasteiger partial charge is 0.118 e. The second-order valence-corrected chi connectivity index (χ2v) is 10.4. The summed E-state index contributed by atoms with van der Waals surface area (Å²) in [4.78, 5) is 0. The summed E-state index contributed by atoms with van der Waals surface area (Å²) in [5.41, 5.74) is 0. The lowest BCUT2D eigenvalue weighted by atomic mass is 10.2. The standard InChI is InChI=1S/C13H26P/c1-12(2,3)14(13(4,5)6)11-9-7-8-10-11/h7-10H2,1-6H3/q+1. The minimum atomic E-state index is 0.0728. The highest BCUT2D eigenvalue weighted by atomic mass is 31.1. The van der Waals surface area contributed by atoms with Gasteiger partial charge in [-0.3, -0.25) is 0 Å². The smallest absolute Gasteiger partial charge is 0.0455 e. The highest BCUT2D eigenvalue weighted by Gasteiger charge is 2.42. The summed E-state index contributed by atoms with van der Waals surface area (Å²) in [6.07, 6.45) is 5.72. The second kappa shape index (κ2) is 3.97. The third-order valence-corrected chi connectivity index (χ3v) is 6.60. The molecule has 0 heterocycles. The van der Waals surface area contributed by atoms with E-state index in [4.69, 9.17) is 0 Å². The van der Waals surface area contributed by atoms with Crippen LogP contribution in [0.2, 0.25) is 0 Å². The fraction of sp³-hybridized carbons (Fsp3) is 0.923. The SMILES string of the molecule is CC(C)(C)[P+](=C1CCCC1)C(C)(C)C. The molecule has 0 bridgehead atoms. The van der Waals surface area contributed by atoms with Gasteiger partial charge in [0.15, 0.2) is 0 Å². The molecule has 82 valence electrons. The Morgan fingerprint density at radius 3 is 1.43 bits per heavy atom. The quantitative estimate of drug-likeness (QED) is 0.506. The van der Waals surface area contributed by atoms with Crippen LogP contribution in [0.4, 0.5) is 0 Å². The Morgan fingerprint density at radius 2 is 1.14 bits per heavy atom. The Hall–Kier alpha value is 0.170. The van der Waals surface area contributed by atoms with E-state index in [9.17, 15) is 0 Å². The number of hydrogen-bond donors (Lipinski definition) is 0. The van der Waals surface area contributed by atoms with Crippen LogP contribution in [0.1, 0.15) is 67.2 Å². The van der Waals surface area contributed by atoms with Gasteiger partial charge in [-0.25, -0.2) is 0 Å². The fourth-order valence-corrected chi connectivity index (χ4v) is 7.63. The molecule has 0 N–H and O–H groups in total. The van der Waals surface area contributed by atoms with Gasteiger partial charge in [0.05, 0.1) is 5.29 Å². The molecule has 1 aliphatic rings. The van der Waals surface area contributed by atoms with Gasteiger partial charge in [0.1, 0.15) is 17.9 Å². The first-order chi connectivity index (χ1) is 6.23. The topological polar surface area (TPSA) is 0 Å². The van der Waals surface area contributed by atoms with Gasteiger partial charge in [-0.1, -0.05) is 0 Å². The van der Waals surface area contributed by atoms with Crippen molar-refractivity contribution in [2.45, 2.75) is 77.5 Å². The van der Waals surface area contributed by atoms with E-state index in [2.05, 4.69) is 41.5 Å². The Balaban J connectivity index is 3.11. The number of hydrogen-bond acceptors (Lipinski definition) is 0. The van der Waals surface area contributed by atoms with Crippen LogP contribution in [0, 0.1) is 0 Å². The first-order valence-corrected chi connectivity index (χ1v) is 7.22. The average Bonchev–Trinajstić information content (AvgIpc) is 2.31. The molecule has 0 saturated heterocycles. The maximum absolute atomic E-state index is 2.43. The molecular weight excluding hydrogens is 187 g/mol. The summed E-state index contributed by atoms with van der Waals surface area (Å²) in [5, 5.41) is 2.89. The Kier molecular flexibility index (Phi) is 3.47. The third-order valence-electron chi connectivity index (χ3n) is 2.84.